The van der Waals surface area contributed by atoms with Gasteiger partial charge in [0.1, 0.15) is 5.82 Å². The van der Waals surface area contributed by atoms with Crippen LogP contribution >= 0.6 is 0 Å². The Bertz CT molecular complexity index is 570. The van der Waals surface area contributed by atoms with E-state index in [1.807, 2.05) is 38.1 Å². The van der Waals surface area contributed by atoms with Gasteiger partial charge < -0.3 is 10.1 Å². The van der Waals surface area contributed by atoms with Crippen LogP contribution in [-0.4, -0.2) is 29.2 Å². The molecule has 0 radical (unpaired) electrons. The standard InChI is InChI=1S/C13H19N5O/c1-13(2,8-19-3)17-11-9-6-4-5-7-10(9)15-12(16-11)18-14/h4-7H,8,14H2,1-3H3,(H2,15,16,17,18). The first-order valence-electron chi connectivity index (χ1n) is 6.06. The minimum atomic E-state index is -0.238. The number of nitrogens with two attached hydrogens (primary N) is 1. The second kappa shape index (κ2) is 5.38. The van der Waals surface area contributed by atoms with Crippen molar-refractivity contribution in [2.24, 2.45) is 5.84 Å². The first-order chi connectivity index (χ1) is 9.05. The van der Waals surface area contributed by atoms with E-state index in [0.29, 0.717) is 12.6 Å². The van der Waals surface area contributed by atoms with Gasteiger partial charge in [-0.05, 0) is 26.0 Å². The molecule has 0 fully saturated rings. The Balaban J connectivity index is 2.46. The topological polar surface area (TPSA) is 85.1 Å². The summed E-state index contributed by atoms with van der Waals surface area (Å²) in [7, 11) is 1.67. The van der Waals surface area contributed by atoms with Crippen LogP contribution in [0.1, 0.15) is 13.8 Å². The van der Waals surface area contributed by atoms with E-state index in [9.17, 15) is 0 Å². The molecule has 0 aliphatic heterocycles. The largest absolute Gasteiger partial charge is 0.382 e. The van der Waals surface area contributed by atoms with Gasteiger partial charge in [-0.2, -0.15) is 4.98 Å². The predicted molar refractivity (Wildman–Crippen MR) is 76.9 cm³/mol. The number of anilines is 2. The van der Waals surface area contributed by atoms with Gasteiger partial charge in [-0.1, -0.05) is 12.1 Å². The van der Waals surface area contributed by atoms with Gasteiger partial charge >= 0.3 is 0 Å². The molecule has 1 aromatic carbocycles. The third-order valence-electron chi connectivity index (χ3n) is 2.69. The molecule has 6 heteroatoms. The van der Waals surface area contributed by atoms with Crippen molar-refractivity contribution in [2.45, 2.75) is 19.4 Å². The number of nitrogen functional groups attached to an aromatic ring is 1. The van der Waals surface area contributed by atoms with E-state index in [1.54, 1.807) is 7.11 Å². The predicted octanol–water partition coefficient (Wildman–Crippen LogP) is 1.75. The highest BCUT2D eigenvalue weighted by Gasteiger charge is 2.19. The SMILES string of the molecule is COCC(C)(C)Nc1nc(NN)nc2ccccc12. The fourth-order valence-corrected chi connectivity index (χ4v) is 1.95. The summed E-state index contributed by atoms with van der Waals surface area (Å²) in [5.74, 6) is 6.53. The van der Waals surface area contributed by atoms with E-state index in [2.05, 4.69) is 20.7 Å². The lowest BCUT2D eigenvalue weighted by atomic mass is 10.1. The number of nitrogens with one attached hydrogen (secondary N) is 2. The van der Waals surface area contributed by atoms with Crippen LogP contribution in [0.25, 0.3) is 10.9 Å². The van der Waals surface area contributed by atoms with Gasteiger partial charge in [0.15, 0.2) is 0 Å². The fraction of sp³-hybridized carbons (Fsp3) is 0.385. The second-order valence-electron chi connectivity index (χ2n) is 5.00. The van der Waals surface area contributed by atoms with Crippen LogP contribution < -0.4 is 16.6 Å². The molecule has 0 aliphatic rings. The van der Waals surface area contributed by atoms with Crippen molar-refractivity contribution in [3.8, 4) is 0 Å². The van der Waals surface area contributed by atoms with Gasteiger partial charge in [-0.15, -0.1) is 0 Å². The molecule has 0 aliphatic carbocycles. The zero-order chi connectivity index (χ0) is 13.9. The summed E-state index contributed by atoms with van der Waals surface area (Å²) >= 11 is 0. The normalized spacial score (nSPS) is 11.6. The molecule has 0 atom stereocenters. The minimum absolute atomic E-state index is 0.238. The Morgan fingerprint density at radius 1 is 1.26 bits per heavy atom. The number of benzene rings is 1. The van der Waals surface area contributed by atoms with E-state index in [4.69, 9.17) is 10.6 Å². The third-order valence-corrected chi connectivity index (χ3v) is 2.69. The zero-order valence-electron chi connectivity index (χ0n) is 11.4. The van der Waals surface area contributed by atoms with Crippen molar-refractivity contribution in [2.75, 3.05) is 24.5 Å². The molecule has 4 N–H and O–H groups in total. The first kappa shape index (κ1) is 13.5. The molecule has 2 rings (SSSR count). The lowest BCUT2D eigenvalue weighted by Crippen LogP contribution is -2.36. The van der Waals surface area contributed by atoms with E-state index in [-0.39, 0.29) is 5.54 Å². The smallest absolute Gasteiger partial charge is 0.239 e. The summed E-state index contributed by atoms with van der Waals surface area (Å²) in [6, 6.07) is 7.78. The summed E-state index contributed by atoms with van der Waals surface area (Å²) in [5, 5.41) is 4.31. The molecule has 19 heavy (non-hydrogen) atoms. The number of ether oxygens (including phenoxy) is 1. The second-order valence-corrected chi connectivity index (χ2v) is 5.00. The number of hydrazine groups is 1. The van der Waals surface area contributed by atoms with Gasteiger partial charge in [0, 0.05) is 12.5 Å². The van der Waals surface area contributed by atoms with E-state index < -0.39 is 0 Å². The average Bonchev–Trinajstić information content (AvgIpc) is 2.38. The highest BCUT2D eigenvalue weighted by molar-refractivity contribution is 5.90. The Hall–Kier alpha value is -1.92. The maximum atomic E-state index is 5.40. The summed E-state index contributed by atoms with van der Waals surface area (Å²) in [5.41, 5.74) is 3.08. The van der Waals surface area contributed by atoms with Crippen molar-refractivity contribution < 1.29 is 4.74 Å². The number of nitrogens with zero attached hydrogens (tertiary/aromatic N) is 2. The van der Waals surface area contributed by atoms with Gasteiger partial charge in [0.25, 0.3) is 0 Å². The number of hydrogen-bond acceptors (Lipinski definition) is 6. The molecule has 1 heterocycles. The van der Waals surface area contributed by atoms with Crippen LogP contribution in [0.3, 0.4) is 0 Å². The van der Waals surface area contributed by atoms with Crippen LogP contribution in [-0.2, 0) is 4.74 Å². The highest BCUT2D eigenvalue weighted by atomic mass is 16.5. The number of aromatic nitrogens is 2. The molecule has 0 saturated carbocycles. The molecule has 2 aromatic rings. The number of methoxy groups -OCH3 is 1. The van der Waals surface area contributed by atoms with E-state index in [1.165, 1.54) is 0 Å². The number of fused-ring (bicyclic) bond motifs is 1. The molecule has 0 spiro atoms. The lowest BCUT2D eigenvalue weighted by Gasteiger charge is -2.26. The van der Waals surface area contributed by atoms with E-state index in [0.717, 1.165) is 16.7 Å². The summed E-state index contributed by atoms with van der Waals surface area (Å²) in [6.07, 6.45) is 0. The quantitative estimate of drug-likeness (QED) is 0.561. The van der Waals surface area contributed by atoms with Crippen molar-refractivity contribution in [1.29, 1.82) is 0 Å². The van der Waals surface area contributed by atoms with E-state index >= 15 is 0 Å². The Morgan fingerprint density at radius 2 is 2.00 bits per heavy atom. The van der Waals surface area contributed by atoms with Gasteiger partial charge in [-0.3, -0.25) is 5.43 Å². The fourth-order valence-electron chi connectivity index (χ4n) is 1.95. The van der Waals surface area contributed by atoms with Crippen LogP contribution in [0.4, 0.5) is 11.8 Å². The first-order valence-corrected chi connectivity index (χ1v) is 6.06. The third kappa shape index (κ3) is 3.10. The van der Waals surface area contributed by atoms with Crippen LogP contribution in [0.5, 0.6) is 0 Å². The molecule has 1 aromatic heterocycles. The van der Waals surface area contributed by atoms with Crippen LogP contribution in [0.2, 0.25) is 0 Å². The maximum Gasteiger partial charge on any atom is 0.239 e. The van der Waals surface area contributed by atoms with Crippen molar-refractivity contribution >= 4 is 22.7 Å². The van der Waals surface area contributed by atoms with Crippen molar-refractivity contribution in [3.63, 3.8) is 0 Å². The molecular weight excluding hydrogens is 242 g/mol. The number of para-hydroxylation sites is 1. The molecule has 0 saturated heterocycles. The van der Waals surface area contributed by atoms with Gasteiger partial charge in [0.05, 0.1) is 17.7 Å². The minimum Gasteiger partial charge on any atom is -0.382 e. The molecule has 0 bridgehead atoms. The van der Waals surface area contributed by atoms with Crippen LogP contribution in [0, 0.1) is 0 Å². The average molecular weight is 261 g/mol. The highest BCUT2D eigenvalue weighted by Crippen LogP contribution is 2.24. The van der Waals surface area contributed by atoms with Crippen LogP contribution in [0.15, 0.2) is 24.3 Å². The van der Waals surface area contributed by atoms with Crippen molar-refractivity contribution in [3.05, 3.63) is 24.3 Å². The molecule has 102 valence electrons. The zero-order valence-corrected chi connectivity index (χ0v) is 11.4. The maximum absolute atomic E-state index is 5.40. The number of rotatable bonds is 5. The molecule has 0 amide bonds. The van der Waals surface area contributed by atoms with Gasteiger partial charge in [0.2, 0.25) is 5.95 Å². The molecular formula is C13H19N5O. The molecule has 0 unspecified atom stereocenters. The monoisotopic (exact) mass is 261 g/mol. The Labute approximate surface area is 112 Å². The lowest BCUT2D eigenvalue weighted by molar-refractivity contribution is 0.158. The summed E-state index contributed by atoms with van der Waals surface area (Å²) in [6.45, 7) is 4.66. The number of hydrogen-bond donors (Lipinski definition) is 3. The molecule has 6 nitrogen and oxygen atoms in total. The van der Waals surface area contributed by atoms with Gasteiger partial charge in [-0.25, -0.2) is 10.8 Å². The summed E-state index contributed by atoms with van der Waals surface area (Å²) < 4.78 is 5.20. The van der Waals surface area contributed by atoms with Crippen molar-refractivity contribution in [1.82, 2.24) is 9.97 Å². The Morgan fingerprint density at radius 3 is 2.68 bits per heavy atom. The Kier molecular flexibility index (Phi) is 3.82. The summed E-state index contributed by atoms with van der Waals surface area (Å²) in [4.78, 5) is 8.68.